The monoisotopic (exact) mass is 485 g/mol. The van der Waals surface area contributed by atoms with Crippen molar-refractivity contribution >= 4 is 46.3 Å². The van der Waals surface area contributed by atoms with Crippen LogP contribution in [-0.2, 0) is 22.4 Å². The second-order valence-corrected chi connectivity index (χ2v) is 8.89. The van der Waals surface area contributed by atoms with Gasteiger partial charge in [0, 0.05) is 5.56 Å². The average molecular weight is 486 g/mol. The number of benzene rings is 3. The molecule has 1 saturated heterocycles. The van der Waals surface area contributed by atoms with E-state index in [2.05, 4.69) is 13.8 Å². The van der Waals surface area contributed by atoms with E-state index in [-0.39, 0.29) is 5.91 Å². The maximum absolute atomic E-state index is 13.6. The van der Waals surface area contributed by atoms with Crippen LogP contribution in [0.2, 0.25) is 0 Å². The Kier molecular flexibility index (Phi) is 7.67. The summed E-state index contributed by atoms with van der Waals surface area (Å²) in [4.78, 5) is 31.3. The number of ether oxygens (including phenoxy) is 1. The lowest BCUT2D eigenvalue weighted by Gasteiger charge is -2.16. The molecule has 7 heteroatoms. The molecule has 0 bridgehead atoms. The second-order valence-electron chi connectivity index (χ2n) is 7.88. The number of nitrogens with zero attached hydrogens (tertiary/aromatic N) is 2. The van der Waals surface area contributed by atoms with Crippen molar-refractivity contribution in [2.24, 2.45) is 4.99 Å². The van der Waals surface area contributed by atoms with E-state index in [9.17, 15) is 14.7 Å². The Balaban J connectivity index is 1.73. The summed E-state index contributed by atoms with van der Waals surface area (Å²) in [5.41, 5.74) is 4.47. The zero-order valence-corrected chi connectivity index (χ0v) is 20.4. The van der Waals surface area contributed by atoms with E-state index in [0.29, 0.717) is 21.4 Å². The van der Waals surface area contributed by atoms with Crippen LogP contribution in [0.5, 0.6) is 5.75 Å². The van der Waals surface area contributed by atoms with Gasteiger partial charge in [-0.2, -0.15) is 0 Å². The number of rotatable bonds is 8. The predicted octanol–water partition coefficient (Wildman–Crippen LogP) is 4.75. The molecule has 0 aromatic heterocycles. The standard InChI is InChI=1S/C28H26N2O4S/c1-3-19-9-13-22(14-10-19)29-28-30(23-15-11-20(4-2)12-16-23)27(33)25(35-28)17-21-7-5-6-8-24(21)34-18-26(31)32/h5-17H,3-4,18H2,1-2H3,(H,31,32)/p-1. The van der Waals surface area contributed by atoms with Crippen LogP contribution in [0.4, 0.5) is 11.4 Å². The number of hydrogen-bond donors (Lipinski definition) is 0. The first-order valence-corrected chi connectivity index (χ1v) is 12.2. The SMILES string of the molecule is CCc1ccc(N=C2SC(=Cc3ccccc3OCC(=O)[O-])C(=O)N2c2ccc(CC)cc2)cc1. The summed E-state index contributed by atoms with van der Waals surface area (Å²) in [6, 6.07) is 22.8. The van der Waals surface area contributed by atoms with Gasteiger partial charge in [0.1, 0.15) is 12.4 Å². The first kappa shape index (κ1) is 24.3. The van der Waals surface area contributed by atoms with Crippen molar-refractivity contribution < 1.29 is 19.4 Å². The zero-order valence-electron chi connectivity index (χ0n) is 19.6. The number of carbonyl (C=O) groups is 2. The lowest BCUT2D eigenvalue weighted by Crippen LogP contribution is -2.29. The summed E-state index contributed by atoms with van der Waals surface area (Å²) in [6.45, 7) is 3.61. The van der Waals surface area contributed by atoms with Crippen LogP contribution >= 0.6 is 11.8 Å². The Labute approximate surface area is 209 Å². The molecule has 0 saturated carbocycles. The lowest BCUT2D eigenvalue weighted by molar-refractivity contribution is -0.307. The number of aryl methyl sites for hydroxylation is 2. The lowest BCUT2D eigenvalue weighted by atomic mass is 10.1. The van der Waals surface area contributed by atoms with Crippen molar-refractivity contribution in [3.63, 3.8) is 0 Å². The number of aliphatic imine (C=N–C) groups is 1. The van der Waals surface area contributed by atoms with E-state index in [1.165, 1.54) is 22.9 Å². The average Bonchev–Trinajstić information content (AvgIpc) is 3.18. The minimum absolute atomic E-state index is 0.210. The molecule has 1 fully saturated rings. The summed E-state index contributed by atoms with van der Waals surface area (Å²) in [7, 11) is 0. The van der Waals surface area contributed by atoms with Gasteiger partial charge in [-0.05, 0) is 72.1 Å². The fourth-order valence-corrected chi connectivity index (χ4v) is 4.57. The fourth-order valence-electron chi connectivity index (χ4n) is 3.58. The highest BCUT2D eigenvalue weighted by Gasteiger charge is 2.35. The number of carboxylic acids is 1. The van der Waals surface area contributed by atoms with Gasteiger partial charge in [-0.25, -0.2) is 4.99 Å². The minimum Gasteiger partial charge on any atom is -0.546 e. The number of para-hydroxylation sites is 1. The van der Waals surface area contributed by atoms with Crippen LogP contribution in [0.15, 0.2) is 82.7 Å². The molecule has 0 N–H and O–H groups in total. The van der Waals surface area contributed by atoms with Gasteiger partial charge in [0.25, 0.3) is 5.91 Å². The molecule has 0 radical (unpaired) electrons. The molecule has 1 aliphatic heterocycles. The first-order valence-electron chi connectivity index (χ1n) is 11.4. The summed E-state index contributed by atoms with van der Waals surface area (Å²) in [6.07, 6.45) is 3.54. The molecular formula is C28H25N2O4S-. The normalized spacial score (nSPS) is 15.7. The number of aliphatic carboxylic acids is 1. The van der Waals surface area contributed by atoms with Crippen LogP contribution in [0.1, 0.15) is 30.5 Å². The topological polar surface area (TPSA) is 82.0 Å². The molecule has 178 valence electrons. The van der Waals surface area contributed by atoms with Gasteiger partial charge >= 0.3 is 0 Å². The van der Waals surface area contributed by atoms with Gasteiger partial charge in [-0.3, -0.25) is 9.69 Å². The van der Waals surface area contributed by atoms with Crippen LogP contribution in [0.3, 0.4) is 0 Å². The van der Waals surface area contributed by atoms with Gasteiger partial charge in [-0.15, -0.1) is 0 Å². The Hall–Kier alpha value is -3.84. The van der Waals surface area contributed by atoms with Gasteiger partial charge in [-0.1, -0.05) is 56.3 Å². The molecule has 35 heavy (non-hydrogen) atoms. The molecule has 0 unspecified atom stereocenters. The Morgan fingerprint density at radius 1 is 0.971 bits per heavy atom. The van der Waals surface area contributed by atoms with Crippen molar-refractivity contribution in [2.75, 3.05) is 11.5 Å². The van der Waals surface area contributed by atoms with Crippen LogP contribution in [0, 0.1) is 0 Å². The molecule has 0 aliphatic carbocycles. The Morgan fingerprint density at radius 2 is 1.60 bits per heavy atom. The highest BCUT2D eigenvalue weighted by Crippen LogP contribution is 2.38. The molecule has 3 aromatic carbocycles. The van der Waals surface area contributed by atoms with Crippen LogP contribution < -0.4 is 14.7 Å². The molecule has 0 spiro atoms. The van der Waals surface area contributed by atoms with Crippen molar-refractivity contribution in [3.05, 3.63) is 94.4 Å². The number of carboxylic acid groups (broad SMARTS) is 1. The molecule has 3 aromatic rings. The van der Waals surface area contributed by atoms with Crippen LogP contribution in [0.25, 0.3) is 6.08 Å². The number of amidine groups is 1. The highest BCUT2D eigenvalue weighted by atomic mass is 32.2. The van der Waals surface area contributed by atoms with Crippen molar-refractivity contribution in [1.82, 2.24) is 0 Å². The predicted molar refractivity (Wildman–Crippen MR) is 139 cm³/mol. The van der Waals surface area contributed by atoms with E-state index < -0.39 is 12.6 Å². The smallest absolute Gasteiger partial charge is 0.271 e. The van der Waals surface area contributed by atoms with Gasteiger partial charge in [0.2, 0.25) is 0 Å². The maximum atomic E-state index is 13.6. The van der Waals surface area contributed by atoms with Gasteiger partial charge in [0.15, 0.2) is 5.17 Å². The highest BCUT2D eigenvalue weighted by molar-refractivity contribution is 8.19. The number of carbonyl (C=O) groups excluding carboxylic acids is 2. The summed E-state index contributed by atoms with van der Waals surface area (Å²) in [5.74, 6) is -1.17. The molecule has 1 aliphatic rings. The van der Waals surface area contributed by atoms with E-state index in [0.717, 1.165) is 24.2 Å². The third-order valence-electron chi connectivity index (χ3n) is 5.53. The Morgan fingerprint density at radius 3 is 2.23 bits per heavy atom. The fraction of sp³-hybridized carbons (Fsp3) is 0.179. The van der Waals surface area contributed by atoms with Gasteiger partial charge in [0.05, 0.1) is 22.2 Å². The molecule has 6 nitrogen and oxygen atoms in total. The van der Waals surface area contributed by atoms with E-state index in [1.54, 1.807) is 35.2 Å². The zero-order chi connectivity index (χ0) is 24.8. The number of anilines is 1. The largest absolute Gasteiger partial charge is 0.546 e. The molecular weight excluding hydrogens is 460 g/mol. The molecule has 4 rings (SSSR count). The second kappa shape index (κ2) is 11.1. The van der Waals surface area contributed by atoms with Crippen LogP contribution in [-0.4, -0.2) is 23.7 Å². The van der Waals surface area contributed by atoms with Gasteiger partial charge < -0.3 is 14.6 Å². The maximum Gasteiger partial charge on any atom is 0.271 e. The summed E-state index contributed by atoms with van der Waals surface area (Å²) >= 11 is 1.27. The summed E-state index contributed by atoms with van der Waals surface area (Å²) in [5, 5.41) is 11.4. The van der Waals surface area contributed by atoms with E-state index >= 15 is 0 Å². The Bertz CT molecular complexity index is 1280. The van der Waals surface area contributed by atoms with E-state index in [4.69, 9.17) is 9.73 Å². The quantitative estimate of drug-likeness (QED) is 0.430. The van der Waals surface area contributed by atoms with Crippen molar-refractivity contribution in [1.29, 1.82) is 0 Å². The van der Waals surface area contributed by atoms with Crippen molar-refractivity contribution in [3.8, 4) is 5.75 Å². The number of hydrogen-bond acceptors (Lipinski definition) is 6. The number of amides is 1. The third kappa shape index (κ3) is 5.81. The van der Waals surface area contributed by atoms with Crippen molar-refractivity contribution in [2.45, 2.75) is 26.7 Å². The number of thioether (sulfide) groups is 1. The summed E-state index contributed by atoms with van der Waals surface area (Å²) < 4.78 is 5.35. The third-order valence-corrected chi connectivity index (χ3v) is 6.50. The first-order chi connectivity index (χ1) is 17.0. The molecule has 1 amide bonds. The van der Waals surface area contributed by atoms with E-state index in [1.807, 2.05) is 48.5 Å². The molecule has 0 atom stereocenters. The minimum atomic E-state index is -1.32. The molecule has 1 heterocycles.